The van der Waals surface area contributed by atoms with E-state index < -0.39 is 0 Å². The number of anilines is 1. The average molecular weight is 503 g/mol. The van der Waals surface area contributed by atoms with Crippen LogP contribution in [0.4, 0.5) is 5.69 Å². The quantitative estimate of drug-likeness (QED) is 0.285. The van der Waals surface area contributed by atoms with E-state index in [0.29, 0.717) is 5.16 Å². The Morgan fingerprint density at radius 1 is 1.17 bits per heavy atom. The van der Waals surface area contributed by atoms with Gasteiger partial charge in [-0.05, 0) is 62.3 Å². The second-order valence-corrected chi connectivity index (χ2v) is 11.0. The number of thiophene rings is 1. The van der Waals surface area contributed by atoms with Crippen LogP contribution >= 0.6 is 23.1 Å². The van der Waals surface area contributed by atoms with Crippen molar-refractivity contribution in [3.8, 4) is 0 Å². The van der Waals surface area contributed by atoms with Gasteiger partial charge >= 0.3 is 0 Å². The molecule has 0 fully saturated rings. The molecule has 4 aromatic heterocycles. The maximum atomic E-state index is 12.5. The van der Waals surface area contributed by atoms with Gasteiger partial charge in [-0.15, -0.1) is 21.5 Å². The Balaban J connectivity index is 1.31. The Morgan fingerprint density at radius 2 is 2.00 bits per heavy atom. The van der Waals surface area contributed by atoms with E-state index in [0.717, 1.165) is 51.2 Å². The second-order valence-electron chi connectivity index (χ2n) is 9.06. The highest BCUT2D eigenvalue weighted by molar-refractivity contribution is 7.99. The molecule has 0 spiro atoms. The van der Waals surface area contributed by atoms with Crippen molar-refractivity contribution in [2.45, 2.75) is 57.5 Å². The van der Waals surface area contributed by atoms with E-state index in [1.165, 1.54) is 53.2 Å². The van der Waals surface area contributed by atoms with Gasteiger partial charge < -0.3 is 5.32 Å². The number of aromatic nitrogens is 5. The van der Waals surface area contributed by atoms with Crippen LogP contribution in [0.15, 0.2) is 35.7 Å². The number of fused-ring (bicyclic) bond motifs is 7. The lowest BCUT2D eigenvalue weighted by molar-refractivity contribution is -0.113. The molecule has 0 radical (unpaired) electrons. The van der Waals surface area contributed by atoms with E-state index in [1.807, 2.05) is 35.6 Å². The molecule has 4 heterocycles. The number of carbonyl (C=O) groups excluding carboxylic acids is 1. The summed E-state index contributed by atoms with van der Waals surface area (Å²) in [6, 6.07) is 7.78. The molecule has 7 nitrogen and oxygen atoms in total. The first-order valence-electron chi connectivity index (χ1n) is 12.1. The topological polar surface area (TPSA) is 85.1 Å². The van der Waals surface area contributed by atoms with Crippen LogP contribution in [0.1, 0.15) is 48.6 Å². The molecular weight excluding hydrogens is 476 g/mol. The summed E-state index contributed by atoms with van der Waals surface area (Å²) in [5.41, 5.74) is 7.86. The Kier molecular flexibility index (Phi) is 5.89. The summed E-state index contributed by atoms with van der Waals surface area (Å²) in [6.45, 7) is 4.25. The lowest BCUT2D eigenvalue weighted by Crippen LogP contribution is -2.14. The fourth-order valence-corrected chi connectivity index (χ4v) is 6.69. The van der Waals surface area contributed by atoms with Gasteiger partial charge in [-0.25, -0.2) is 9.97 Å². The van der Waals surface area contributed by atoms with Crippen LogP contribution in [0.3, 0.4) is 0 Å². The third kappa shape index (κ3) is 4.06. The minimum absolute atomic E-state index is 0.0779. The second kappa shape index (κ2) is 9.20. The van der Waals surface area contributed by atoms with E-state index in [1.54, 1.807) is 17.7 Å². The zero-order chi connectivity index (χ0) is 23.9. The fraction of sp³-hybridized carbons (Fsp3) is 0.346. The number of carbonyl (C=O) groups is 1. The number of nitrogens with zero attached hydrogens (tertiary/aromatic N) is 5. The molecular formula is C26H26N6OS2. The van der Waals surface area contributed by atoms with Gasteiger partial charge in [0.1, 0.15) is 15.9 Å². The Morgan fingerprint density at radius 3 is 2.83 bits per heavy atom. The number of nitrogens with one attached hydrogen (secondary N) is 1. The maximum absolute atomic E-state index is 12.5. The average Bonchev–Trinajstić information content (AvgIpc) is 3.58. The Labute approximate surface area is 211 Å². The van der Waals surface area contributed by atoms with Gasteiger partial charge in [-0.2, -0.15) is 0 Å². The van der Waals surface area contributed by atoms with Crippen molar-refractivity contribution >= 4 is 60.8 Å². The number of hydrogen-bond donors (Lipinski definition) is 1. The SMILES string of the molecule is CCCCc1nc2sc3c(ncn4c(SCC(=O)Nc5ccc(C)cc5)nnc34)c2c2c1CCC2. The number of thioether (sulfide) groups is 1. The van der Waals surface area contributed by atoms with Crippen molar-refractivity contribution in [2.24, 2.45) is 0 Å². The van der Waals surface area contributed by atoms with E-state index in [-0.39, 0.29) is 11.7 Å². The van der Waals surface area contributed by atoms with Crippen molar-refractivity contribution in [1.82, 2.24) is 24.6 Å². The van der Waals surface area contributed by atoms with Gasteiger partial charge in [0.05, 0.1) is 11.3 Å². The smallest absolute Gasteiger partial charge is 0.234 e. The van der Waals surface area contributed by atoms with Crippen molar-refractivity contribution in [2.75, 3.05) is 11.1 Å². The van der Waals surface area contributed by atoms with Crippen molar-refractivity contribution in [3.05, 3.63) is 53.0 Å². The summed E-state index contributed by atoms with van der Waals surface area (Å²) < 4.78 is 2.90. The molecule has 0 unspecified atom stereocenters. The molecule has 0 atom stereocenters. The largest absolute Gasteiger partial charge is 0.325 e. The number of pyridine rings is 1. The third-order valence-corrected chi connectivity index (χ3v) is 8.59. The van der Waals surface area contributed by atoms with Gasteiger partial charge in [-0.1, -0.05) is 42.8 Å². The minimum Gasteiger partial charge on any atom is -0.325 e. The van der Waals surface area contributed by atoms with Crippen molar-refractivity contribution in [1.29, 1.82) is 0 Å². The molecule has 1 N–H and O–H groups in total. The first-order chi connectivity index (χ1) is 17.1. The summed E-state index contributed by atoms with van der Waals surface area (Å²) in [5.74, 6) is 0.167. The van der Waals surface area contributed by atoms with Gasteiger partial charge in [0, 0.05) is 16.8 Å². The lowest BCUT2D eigenvalue weighted by Gasteiger charge is -2.08. The minimum atomic E-state index is -0.0779. The lowest BCUT2D eigenvalue weighted by atomic mass is 10.0. The highest BCUT2D eigenvalue weighted by Gasteiger charge is 2.24. The molecule has 0 bridgehead atoms. The van der Waals surface area contributed by atoms with Crippen LogP contribution in [0.5, 0.6) is 0 Å². The molecule has 9 heteroatoms. The van der Waals surface area contributed by atoms with Gasteiger partial charge in [0.2, 0.25) is 5.91 Å². The van der Waals surface area contributed by atoms with E-state index >= 15 is 0 Å². The van der Waals surface area contributed by atoms with E-state index in [2.05, 4.69) is 22.4 Å². The molecule has 0 saturated heterocycles. The number of amides is 1. The van der Waals surface area contributed by atoms with Crippen LogP contribution in [0.2, 0.25) is 0 Å². The number of unbranched alkanes of at least 4 members (excludes halogenated alkanes) is 1. The Hall–Kier alpha value is -3.04. The maximum Gasteiger partial charge on any atom is 0.234 e. The summed E-state index contributed by atoms with van der Waals surface area (Å²) >= 11 is 3.02. The summed E-state index contributed by atoms with van der Waals surface area (Å²) in [7, 11) is 0. The monoisotopic (exact) mass is 502 g/mol. The number of benzene rings is 1. The van der Waals surface area contributed by atoms with Crippen LogP contribution in [0.25, 0.3) is 26.1 Å². The molecule has 1 aromatic carbocycles. The first kappa shape index (κ1) is 22.4. The van der Waals surface area contributed by atoms with Crippen molar-refractivity contribution < 1.29 is 4.79 Å². The van der Waals surface area contributed by atoms with Crippen LogP contribution < -0.4 is 5.32 Å². The van der Waals surface area contributed by atoms with Gasteiger partial charge in [0.25, 0.3) is 0 Å². The first-order valence-corrected chi connectivity index (χ1v) is 13.9. The molecule has 0 saturated carbocycles. The standard InChI is InChI=1S/C26H26N6OS2/c1-3-4-8-19-17-6-5-7-18(17)21-22-23(35-25(21)29-19)24-30-31-26(32(24)14-27-22)34-13-20(33)28-16-11-9-15(2)10-12-16/h9-12,14H,3-8,13H2,1-2H3,(H,28,33). The summed E-state index contributed by atoms with van der Waals surface area (Å²) in [6.07, 6.45) is 8.57. The number of hydrogen-bond acceptors (Lipinski definition) is 7. The fourth-order valence-electron chi connectivity index (χ4n) is 4.83. The molecule has 0 aliphatic heterocycles. The predicted octanol–water partition coefficient (Wildman–Crippen LogP) is 5.76. The molecule has 5 aromatic rings. The third-order valence-electron chi connectivity index (χ3n) is 6.57. The van der Waals surface area contributed by atoms with E-state index in [4.69, 9.17) is 9.97 Å². The van der Waals surface area contributed by atoms with Crippen molar-refractivity contribution in [3.63, 3.8) is 0 Å². The van der Waals surface area contributed by atoms with Crippen LogP contribution in [-0.4, -0.2) is 36.2 Å². The number of rotatable bonds is 7. The Bertz CT molecular complexity index is 1570. The molecule has 6 rings (SSSR count). The summed E-state index contributed by atoms with van der Waals surface area (Å²) in [4.78, 5) is 23.5. The zero-order valence-electron chi connectivity index (χ0n) is 19.8. The van der Waals surface area contributed by atoms with Crippen LogP contribution in [-0.2, 0) is 24.1 Å². The van der Waals surface area contributed by atoms with Crippen LogP contribution in [0, 0.1) is 6.92 Å². The highest BCUT2D eigenvalue weighted by atomic mass is 32.2. The summed E-state index contributed by atoms with van der Waals surface area (Å²) in [5, 5.41) is 13.7. The molecule has 178 valence electrons. The van der Waals surface area contributed by atoms with E-state index in [9.17, 15) is 4.79 Å². The van der Waals surface area contributed by atoms with Gasteiger partial charge in [0.15, 0.2) is 10.8 Å². The molecule has 1 amide bonds. The molecule has 35 heavy (non-hydrogen) atoms. The highest BCUT2D eigenvalue weighted by Crippen LogP contribution is 2.41. The molecule has 1 aliphatic rings. The molecule has 1 aliphatic carbocycles. The normalized spacial score (nSPS) is 13.2. The number of aryl methyl sites for hydroxylation is 3. The zero-order valence-corrected chi connectivity index (χ0v) is 21.4. The van der Waals surface area contributed by atoms with Gasteiger partial charge in [-0.3, -0.25) is 9.20 Å². The predicted molar refractivity (Wildman–Crippen MR) is 143 cm³/mol.